The van der Waals surface area contributed by atoms with E-state index in [1.807, 2.05) is 49.4 Å². The first-order chi connectivity index (χ1) is 14.4. The van der Waals surface area contributed by atoms with Gasteiger partial charge in [0.15, 0.2) is 0 Å². The summed E-state index contributed by atoms with van der Waals surface area (Å²) >= 11 is 0. The molecule has 30 heavy (non-hydrogen) atoms. The van der Waals surface area contributed by atoms with Crippen molar-refractivity contribution < 1.29 is 9.59 Å². The fraction of sp³-hybridized carbons (Fsp3) is 0.435. The van der Waals surface area contributed by atoms with Crippen molar-refractivity contribution >= 4 is 17.6 Å². The molecule has 1 aromatic heterocycles. The van der Waals surface area contributed by atoms with Gasteiger partial charge in [0, 0.05) is 38.3 Å². The Labute approximate surface area is 177 Å². The zero-order valence-corrected chi connectivity index (χ0v) is 17.8. The average molecular weight is 408 g/mol. The predicted molar refractivity (Wildman–Crippen MR) is 116 cm³/mol. The van der Waals surface area contributed by atoms with E-state index in [-0.39, 0.29) is 17.9 Å². The van der Waals surface area contributed by atoms with E-state index in [1.165, 1.54) is 0 Å². The molecule has 158 valence electrons. The van der Waals surface area contributed by atoms with E-state index in [0.29, 0.717) is 12.1 Å². The number of hydrogen-bond donors (Lipinski definition) is 1. The van der Waals surface area contributed by atoms with Gasteiger partial charge < -0.3 is 20.0 Å². The maximum atomic E-state index is 12.9. The minimum absolute atomic E-state index is 0.0870. The maximum absolute atomic E-state index is 12.9. The second-order valence-electron chi connectivity index (χ2n) is 8.21. The van der Waals surface area contributed by atoms with E-state index in [2.05, 4.69) is 22.2 Å². The number of piperazine rings is 1. The number of aromatic nitrogens is 1. The van der Waals surface area contributed by atoms with Crippen LogP contribution in [-0.2, 0) is 11.3 Å². The summed E-state index contributed by atoms with van der Waals surface area (Å²) in [7, 11) is 2.13. The van der Waals surface area contributed by atoms with Gasteiger partial charge in [-0.15, -0.1) is 0 Å². The van der Waals surface area contributed by atoms with Crippen LogP contribution >= 0.6 is 0 Å². The predicted octanol–water partition coefficient (Wildman–Crippen LogP) is 2.06. The Balaban J connectivity index is 1.40. The first-order valence-electron chi connectivity index (χ1n) is 10.5. The van der Waals surface area contributed by atoms with Crippen molar-refractivity contribution in [3.8, 4) is 0 Å². The minimum atomic E-state index is -0.548. The van der Waals surface area contributed by atoms with Crippen LogP contribution in [0.3, 0.4) is 0 Å². The summed E-state index contributed by atoms with van der Waals surface area (Å²) in [5.74, 6) is 0.687. The lowest BCUT2D eigenvalue weighted by Crippen LogP contribution is -2.46. The molecule has 0 saturated carbocycles. The van der Waals surface area contributed by atoms with Crippen molar-refractivity contribution in [2.24, 2.45) is 0 Å². The Morgan fingerprint density at radius 1 is 1.03 bits per heavy atom. The Morgan fingerprint density at radius 2 is 1.77 bits per heavy atom. The van der Waals surface area contributed by atoms with E-state index in [0.717, 1.165) is 43.3 Å². The number of amides is 2. The summed E-state index contributed by atoms with van der Waals surface area (Å²) in [6, 6.07) is 12.7. The summed E-state index contributed by atoms with van der Waals surface area (Å²) in [5.41, 5.74) is 2.48. The van der Waals surface area contributed by atoms with Crippen molar-refractivity contribution in [1.29, 1.82) is 0 Å². The topological polar surface area (TPSA) is 68.8 Å². The van der Waals surface area contributed by atoms with E-state index in [9.17, 15) is 9.59 Å². The van der Waals surface area contributed by atoms with Gasteiger partial charge in [-0.05, 0) is 44.7 Å². The maximum Gasteiger partial charge on any atom is 0.255 e. The van der Waals surface area contributed by atoms with Crippen LogP contribution in [0, 0.1) is 0 Å². The van der Waals surface area contributed by atoms with Crippen LogP contribution < -0.4 is 10.2 Å². The molecule has 1 fully saturated rings. The molecule has 0 aliphatic carbocycles. The van der Waals surface area contributed by atoms with Crippen LogP contribution in [0.2, 0.25) is 0 Å². The van der Waals surface area contributed by atoms with Gasteiger partial charge in [0.1, 0.15) is 11.9 Å². The molecule has 0 bridgehead atoms. The highest BCUT2D eigenvalue weighted by Gasteiger charge is 2.34. The van der Waals surface area contributed by atoms with E-state index in [1.54, 1.807) is 11.8 Å². The second-order valence-corrected chi connectivity index (χ2v) is 8.21. The van der Waals surface area contributed by atoms with Gasteiger partial charge in [0.2, 0.25) is 5.91 Å². The Kier molecular flexibility index (Phi) is 5.72. The van der Waals surface area contributed by atoms with Crippen LogP contribution in [0.4, 0.5) is 5.82 Å². The van der Waals surface area contributed by atoms with Crippen molar-refractivity contribution in [2.45, 2.75) is 32.5 Å². The molecule has 2 atom stereocenters. The normalized spacial score (nSPS) is 18.8. The molecule has 1 aromatic carbocycles. The molecule has 2 aliphatic rings. The fourth-order valence-corrected chi connectivity index (χ4v) is 4.03. The third-order valence-corrected chi connectivity index (χ3v) is 6.08. The Morgan fingerprint density at radius 3 is 2.50 bits per heavy atom. The lowest BCUT2D eigenvalue weighted by Gasteiger charge is -2.33. The van der Waals surface area contributed by atoms with Gasteiger partial charge in [-0.3, -0.25) is 9.59 Å². The summed E-state index contributed by atoms with van der Waals surface area (Å²) in [4.78, 5) is 36.6. The zero-order chi connectivity index (χ0) is 21.3. The van der Waals surface area contributed by atoms with Crippen molar-refractivity contribution in [3.05, 3.63) is 59.3 Å². The number of nitrogens with one attached hydrogen (secondary N) is 1. The van der Waals surface area contributed by atoms with Crippen molar-refractivity contribution in [3.63, 3.8) is 0 Å². The highest BCUT2D eigenvalue weighted by atomic mass is 16.2. The zero-order valence-electron chi connectivity index (χ0n) is 17.8. The standard InChI is InChI=1S/C23H29N5O2/c1-16(20-9-6-10-21(25-20)27-13-11-26(3)12-14-27)24-22(29)17(2)28-15-18-7-4-5-8-19(18)23(28)30/h4-10,16-17H,11-15H2,1-3H3,(H,24,29)/t16-,17?/m1/s1. The molecule has 1 saturated heterocycles. The van der Waals surface area contributed by atoms with Crippen LogP contribution in [0.15, 0.2) is 42.5 Å². The lowest BCUT2D eigenvalue weighted by atomic mass is 10.1. The Hall–Kier alpha value is -2.93. The number of benzene rings is 1. The molecular formula is C23H29N5O2. The summed E-state index contributed by atoms with van der Waals surface area (Å²) in [6.45, 7) is 8.10. The van der Waals surface area contributed by atoms with Crippen LogP contribution in [0.25, 0.3) is 0 Å². The molecule has 2 amide bonds. The number of fused-ring (bicyclic) bond motifs is 1. The van der Waals surface area contributed by atoms with E-state index >= 15 is 0 Å². The SMILES string of the molecule is CC(C(=O)N[C@H](C)c1cccc(N2CCN(C)CC2)n1)N1Cc2ccccc2C1=O. The molecule has 0 radical (unpaired) electrons. The van der Waals surface area contributed by atoms with Gasteiger partial charge in [0.25, 0.3) is 5.91 Å². The third-order valence-electron chi connectivity index (χ3n) is 6.08. The second kappa shape index (κ2) is 8.44. The summed E-state index contributed by atoms with van der Waals surface area (Å²) < 4.78 is 0. The first kappa shape index (κ1) is 20.3. The summed E-state index contributed by atoms with van der Waals surface area (Å²) in [6.07, 6.45) is 0. The number of carbonyl (C=O) groups is 2. The number of carbonyl (C=O) groups excluding carboxylic acids is 2. The lowest BCUT2D eigenvalue weighted by molar-refractivity contribution is -0.125. The minimum Gasteiger partial charge on any atom is -0.354 e. The molecule has 2 aromatic rings. The summed E-state index contributed by atoms with van der Waals surface area (Å²) in [5, 5.41) is 3.04. The Bertz CT molecular complexity index is 939. The third kappa shape index (κ3) is 4.03. The smallest absolute Gasteiger partial charge is 0.255 e. The number of anilines is 1. The van der Waals surface area contributed by atoms with Crippen molar-refractivity contribution in [1.82, 2.24) is 20.1 Å². The number of rotatable bonds is 5. The molecule has 7 heteroatoms. The number of pyridine rings is 1. The highest BCUT2D eigenvalue weighted by Crippen LogP contribution is 2.25. The first-order valence-corrected chi connectivity index (χ1v) is 10.5. The molecule has 1 N–H and O–H groups in total. The van der Waals surface area contributed by atoms with Gasteiger partial charge in [-0.25, -0.2) is 4.98 Å². The molecule has 1 unspecified atom stereocenters. The molecule has 0 spiro atoms. The molecule has 4 rings (SSSR count). The van der Waals surface area contributed by atoms with Crippen LogP contribution in [0.5, 0.6) is 0 Å². The fourth-order valence-electron chi connectivity index (χ4n) is 4.03. The van der Waals surface area contributed by atoms with Crippen LogP contribution in [0.1, 0.15) is 41.5 Å². The molecular weight excluding hydrogens is 378 g/mol. The van der Waals surface area contributed by atoms with Gasteiger partial charge in [-0.1, -0.05) is 24.3 Å². The molecule has 3 heterocycles. The quantitative estimate of drug-likeness (QED) is 0.822. The van der Waals surface area contributed by atoms with Gasteiger partial charge in [0.05, 0.1) is 11.7 Å². The van der Waals surface area contributed by atoms with Crippen molar-refractivity contribution in [2.75, 3.05) is 38.1 Å². The van der Waals surface area contributed by atoms with E-state index < -0.39 is 6.04 Å². The average Bonchev–Trinajstić information content (AvgIpc) is 3.10. The molecule has 2 aliphatic heterocycles. The largest absolute Gasteiger partial charge is 0.354 e. The number of hydrogen-bond acceptors (Lipinski definition) is 5. The number of nitrogens with zero attached hydrogens (tertiary/aromatic N) is 4. The van der Waals surface area contributed by atoms with Gasteiger partial charge >= 0.3 is 0 Å². The van der Waals surface area contributed by atoms with E-state index in [4.69, 9.17) is 4.98 Å². The van der Waals surface area contributed by atoms with Crippen LogP contribution in [-0.4, -0.2) is 65.9 Å². The highest BCUT2D eigenvalue weighted by molar-refractivity contribution is 6.01. The number of likely N-dealkylation sites (N-methyl/N-ethyl adjacent to an activating group) is 1. The molecule has 7 nitrogen and oxygen atoms in total. The monoisotopic (exact) mass is 407 g/mol. The van der Waals surface area contributed by atoms with Gasteiger partial charge in [-0.2, -0.15) is 0 Å².